The lowest BCUT2D eigenvalue weighted by Gasteiger charge is -2.12. The van der Waals surface area contributed by atoms with Crippen molar-refractivity contribution in [2.45, 2.75) is 19.6 Å². The third kappa shape index (κ3) is 6.67. The zero-order valence-electron chi connectivity index (χ0n) is 16.8. The minimum Gasteiger partial charge on any atom is -0.489 e. The second kappa shape index (κ2) is 10.5. The van der Waals surface area contributed by atoms with E-state index >= 15 is 0 Å². The number of rotatable bonds is 9. The van der Waals surface area contributed by atoms with Gasteiger partial charge in [0.1, 0.15) is 18.1 Å². The number of hydrazone groups is 1. The molecule has 1 N–H and O–H groups in total. The summed E-state index contributed by atoms with van der Waals surface area (Å²) in [4.78, 5) is 22.3. The molecule has 1 atom stereocenters. The van der Waals surface area contributed by atoms with Gasteiger partial charge in [-0.3, -0.25) is 14.9 Å². The van der Waals surface area contributed by atoms with E-state index in [9.17, 15) is 14.9 Å². The quantitative estimate of drug-likeness (QED) is 0.320. The number of nitro groups is 1. The first-order valence-corrected chi connectivity index (χ1v) is 9.52. The summed E-state index contributed by atoms with van der Waals surface area (Å²) in [6.07, 6.45) is 0.685. The van der Waals surface area contributed by atoms with Crippen molar-refractivity contribution in [1.82, 2.24) is 5.43 Å². The monoisotopic (exact) mass is 419 g/mol. The average Bonchev–Trinajstić information content (AvgIpc) is 2.79. The maximum absolute atomic E-state index is 12.1. The van der Waals surface area contributed by atoms with Crippen molar-refractivity contribution in [2.24, 2.45) is 5.10 Å². The van der Waals surface area contributed by atoms with Crippen LogP contribution in [0.2, 0.25) is 0 Å². The van der Waals surface area contributed by atoms with Crippen molar-refractivity contribution < 1.29 is 19.2 Å². The van der Waals surface area contributed by atoms with Crippen LogP contribution < -0.4 is 14.9 Å². The number of carbonyl (C=O) groups is 1. The van der Waals surface area contributed by atoms with Gasteiger partial charge in [0.25, 0.3) is 11.6 Å². The lowest BCUT2D eigenvalue weighted by molar-refractivity contribution is -0.384. The number of hydrogen-bond donors (Lipinski definition) is 1. The molecule has 0 spiro atoms. The molecule has 8 nitrogen and oxygen atoms in total. The van der Waals surface area contributed by atoms with Crippen LogP contribution in [0.25, 0.3) is 0 Å². The molecule has 0 bridgehead atoms. The van der Waals surface area contributed by atoms with Crippen LogP contribution in [0.15, 0.2) is 84.0 Å². The Morgan fingerprint density at radius 1 is 1.03 bits per heavy atom. The molecule has 0 saturated heterocycles. The lowest BCUT2D eigenvalue weighted by Crippen LogP contribution is -2.33. The summed E-state index contributed by atoms with van der Waals surface area (Å²) in [5, 5.41) is 14.6. The van der Waals surface area contributed by atoms with Crippen LogP contribution >= 0.6 is 0 Å². The first-order chi connectivity index (χ1) is 15.0. The largest absolute Gasteiger partial charge is 0.489 e. The van der Waals surface area contributed by atoms with Gasteiger partial charge in [-0.15, -0.1) is 0 Å². The minimum atomic E-state index is -0.827. The van der Waals surface area contributed by atoms with E-state index in [2.05, 4.69) is 10.5 Å². The molecular weight excluding hydrogens is 398 g/mol. The van der Waals surface area contributed by atoms with E-state index in [-0.39, 0.29) is 5.69 Å². The number of ether oxygens (including phenoxy) is 2. The molecule has 3 aromatic rings. The van der Waals surface area contributed by atoms with Crippen molar-refractivity contribution in [3.8, 4) is 11.5 Å². The summed E-state index contributed by atoms with van der Waals surface area (Å²) in [6, 6.07) is 22.7. The number of carbonyl (C=O) groups excluding carboxylic acids is 1. The SMILES string of the molecule is CC(Oc1ccc([N+](=O)[O-])cc1)C(=O)N/N=C/c1ccc(OCc2ccccc2)cc1. The number of benzene rings is 3. The Balaban J connectivity index is 1.45. The van der Waals surface area contributed by atoms with Crippen LogP contribution in [-0.2, 0) is 11.4 Å². The highest BCUT2D eigenvalue weighted by atomic mass is 16.6. The molecule has 0 fully saturated rings. The number of nitrogens with one attached hydrogen (secondary N) is 1. The van der Waals surface area contributed by atoms with Gasteiger partial charge in [0.05, 0.1) is 11.1 Å². The second-order valence-corrected chi connectivity index (χ2v) is 6.59. The predicted molar refractivity (Wildman–Crippen MR) is 116 cm³/mol. The number of amides is 1. The molecule has 0 radical (unpaired) electrons. The first-order valence-electron chi connectivity index (χ1n) is 9.52. The Bertz CT molecular complexity index is 1040. The van der Waals surface area contributed by atoms with Crippen LogP contribution in [0.3, 0.4) is 0 Å². The molecule has 158 valence electrons. The van der Waals surface area contributed by atoms with E-state index in [0.717, 1.165) is 16.9 Å². The van der Waals surface area contributed by atoms with Gasteiger partial charge in [-0.25, -0.2) is 5.43 Å². The molecule has 31 heavy (non-hydrogen) atoms. The Labute approximate surface area is 179 Å². The van der Waals surface area contributed by atoms with Gasteiger partial charge in [0.15, 0.2) is 6.10 Å². The van der Waals surface area contributed by atoms with Gasteiger partial charge in [-0.1, -0.05) is 30.3 Å². The molecule has 0 saturated carbocycles. The zero-order valence-corrected chi connectivity index (χ0v) is 16.8. The van der Waals surface area contributed by atoms with E-state index in [1.54, 1.807) is 6.92 Å². The Hall–Kier alpha value is -4.20. The van der Waals surface area contributed by atoms with Crippen LogP contribution in [0, 0.1) is 10.1 Å². The third-order valence-electron chi connectivity index (χ3n) is 4.25. The van der Waals surface area contributed by atoms with E-state index in [1.165, 1.54) is 30.5 Å². The van der Waals surface area contributed by atoms with Crippen LogP contribution in [0.4, 0.5) is 5.69 Å². The highest BCUT2D eigenvalue weighted by Gasteiger charge is 2.14. The zero-order chi connectivity index (χ0) is 22.1. The molecule has 0 heterocycles. The van der Waals surface area contributed by atoms with Gasteiger partial charge < -0.3 is 9.47 Å². The number of hydrogen-bond acceptors (Lipinski definition) is 6. The number of nitrogens with zero attached hydrogens (tertiary/aromatic N) is 2. The second-order valence-electron chi connectivity index (χ2n) is 6.59. The van der Waals surface area contributed by atoms with Gasteiger partial charge in [-0.2, -0.15) is 5.10 Å². The average molecular weight is 419 g/mol. The van der Waals surface area contributed by atoms with Crippen LogP contribution in [0.1, 0.15) is 18.1 Å². The van der Waals surface area contributed by atoms with Crippen molar-refractivity contribution in [1.29, 1.82) is 0 Å². The fraction of sp³-hybridized carbons (Fsp3) is 0.130. The van der Waals surface area contributed by atoms with Crippen LogP contribution in [0.5, 0.6) is 11.5 Å². The van der Waals surface area contributed by atoms with Gasteiger partial charge in [0.2, 0.25) is 0 Å². The van der Waals surface area contributed by atoms with Crippen molar-refractivity contribution in [3.63, 3.8) is 0 Å². The predicted octanol–water partition coefficient (Wildman–Crippen LogP) is 4.09. The fourth-order valence-corrected chi connectivity index (χ4v) is 2.56. The normalized spacial score (nSPS) is 11.6. The molecule has 1 amide bonds. The summed E-state index contributed by atoms with van der Waals surface area (Å²) < 4.78 is 11.2. The summed E-state index contributed by atoms with van der Waals surface area (Å²) in [6.45, 7) is 2.04. The molecule has 8 heteroatoms. The number of non-ortho nitro benzene ring substituents is 1. The Morgan fingerprint density at radius 2 is 1.68 bits per heavy atom. The minimum absolute atomic E-state index is 0.0504. The maximum Gasteiger partial charge on any atom is 0.280 e. The summed E-state index contributed by atoms with van der Waals surface area (Å²) in [5.41, 5.74) is 4.23. The molecule has 0 aliphatic rings. The first kappa shape index (κ1) is 21.5. The highest BCUT2D eigenvalue weighted by molar-refractivity contribution is 5.84. The van der Waals surface area contributed by atoms with Gasteiger partial charge in [0, 0.05) is 12.1 Å². The van der Waals surface area contributed by atoms with Gasteiger partial charge >= 0.3 is 0 Å². The molecular formula is C23H21N3O5. The maximum atomic E-state index is 12.1. The third-order valence-corrected chi connectivity index (χ3v) is 4.25. The summed E-state index contributed by atoms with van der Waals surface area (Å²) >= 11 is 0. The van der Waals surface area contributed by atoms with Gasteiger partial charge in [-0.05, 0) is 54.4 Å². The standard InChI is InChI=1S/C23H21N3O5/c1-17(31-22-13-9-20(10-14-22)26(28)29)23(27)25-24-15-18-7-11-21(12-8-18)30-16-19-5-3-2-4-6-19/h2-15,17H,16H2,1H3,(H,25,27)/b24-15+. The highest BCUT2D eigenvalue weighted by Crippen LogP contribution is 2.18. The Morgan fingerprint density at radius 3 is 2.32 bits per heavy atom. The van der Waals surface area contributed by atoms with E-state index < -0.39 is 16.9 Å². The van der Waals surface area contributed by atoms with Crippen LogP contribution in [-0.4, -0.2) is 23.1 Å². The smallest absolute Gasteiger partial charge is 0.280 e. The van der Waals surface area contributed by atoms with E-state index in [0.29, 0.717) is 12.4 Å². The molecule has 0 aromatic heterocycles. The molecule has 3 rings (SSSR count). The topological polar surface area (TPSA) is 103 Å². The van der Waals surface area contributed by atoms with E-state index in [4.69, 9.17) is 9.47 Å². The fourth-order valence-electron chi connectivity index (χ4n) is 2.56. The van der Waals surface area contributed by atoms with Crippen molar-refractivity contribution in [3.05, 3.63) is 100 Å². The summed E-state index contributed by atoms with van der Waals surface area (Å²) in [5.74, 6) is 0.635. The van der Waals surface area contributed by atoms with Crippen molar-refractivity contribution in [2.75, 3.05) is 0 Å². The van der Waals surface area contributed by atoms with Crippen molar-refractivity contribution >= 4 is 17.8 Å². The number of nitro benzene ring substituents is 1. The Kier molecular flexibility index (Phi) is 7.31. The molecule has 1 unspecified atom stereocenters. The van der Waals surface area contributed by atoms with E-state index in [1.807, 2.05) is 54.6 Å². The molecule has 0 aliphatic carbocycles. The molecule has 0 aliphatic heterocycles. The molecule has 3 aromatic carbocycles. The lowest BCUT2D eigenvalue weighted by atomic mass is 10.2. The summed E-state index contributed by atoms with van der Waals surface area (Å²) in [7, 11) is 0.